The largest absolute Gasteiger partial charge is 0.353 e. The lowest BCUT2D eigenvalue weighted by molar-refractivity contribution is -0.127. The van der Waals surface area contributed by atoms with Crippen LogP contribution in [0.1, 0.15) is 55.8 Å². The van der Waals surface area contributed by atoms with Crippen LogP contribution in [0.25, 0.3) is 0 Å². The van der Waals surface area contributed by atoms with Gasteiger partial charge >= 0.3 is 0 Å². The van der Waals surface area contributed by atoms with Gasteiger partial charge < -0.3 is 10.2 Å². The normalized spacial score (nSPS) is 29.0. The summed E-state index contributed by atoms with van der Waals surface area (Å²) in [6, 6.07) is 7.29. The average Bonchev–Trinajstić information content (AvgIpc) is 3.32. The lowest BCUT2D eigenvalue weighted by atomic mass is 9.83. The van der Waals surface area contributed by atoms with E-state index in [0.717, 1.165) is 24.7 Å². The Labute approximate surface area is 166 Å². The molecule has 0 aromatic heterocycles. The second kappa shape index (κ2) is 7.83. The quantitative estimate of drug-likeness (QED) is 0.842. The van der Waals surface area contributed by atoms with Crippen LogP contribution in [0.3, 0.4) is 0 Å². The van der Waals surface area contributed by atoms with E-state index in [1.807, 2.05) is 4.90 Å². The van der Waals surface area contributed by atoms with E-state index in [0.29, 0.717) is 29.6 Å². The van der Waals surface area contributed by atoms with Gasteiger partial charge in [0.25, 0.3) is 5.91 Å². The number of nitrogens with zero attached hydrogens (tertiary/aromatic N) is 1. The van der Waals surface area contributed by atoms with E-state index in [2.05, 4.69) is 12.2 Å². The van der Waals surface area contributed by atoms with Gasteiger partial charge in [0.15, 0.2) is 0 Å². The van der Waals surface area contributed by atoms with Crippen LogP contribution in [0.15, 0.2) is 24.3 Å². The summed E-state index contributed by atoms with van der Waals surface area (Å²) < 4.78 is 0. The number of piperidine rings is 1. The molecule has 2 saturated carbocycles. The smallest absolute Gasteiger partial charge is 0.253 e. The summed E-state index contributed by atoms with van der Waals surface area (Å²) in [6.07, 6.45) is 6.89. The molecule has 1 aromatic rings. The van der Waals surface area contributed by atoms with E-state index in [-0.39, 0.29) is 23.8 Å². The molecule has 0 unspecified atom stereocenters. The predicted octanol–water partition coefficient (Wildman–Crippen LogP) is 4.13. The van der Waals surface area contributed by atoms with E-state index in [9.17, 15) is 9.59 Å². The average molecular weight is 389 g/mol. The Morgan fingerprint density at radius 3 is 2.37 bits per heavy atom. The molecule has 2 amide bonds. The van der Waals surface area contributed by atoms with Crippen LogP contribution in [0.4, 0.5) is 0 Å². The first-order valence-electron chi connectivity index (χ1n) is 10.4. The van der Waals surface area contributed by atoms with Crippen LogP contribution in [-0.2, 0) is 4.79 Å². The van der Waals surface area contributed by atoms with Crippen LogP contribution in [-0.4, -0.2) is 35.8 Å². The Balaban J connectivity index is 1.26. The molecule has 0 radical (unpaired) electrons. The van der Waals surface area contributed by atoms with Crippen molar-refractivity contribution in [3.63, 3.8) is 0 Å². The number of rotatable bonds is 4. The van der Waals surface area contributed by atoms with Gasteiger partial charge in [0, 0.05) is 35.6 Å². The summed E-state index contributed by atoms with van der Waals surface area (Å²) in [5.41, 5.74) is 0.659. The second-order valence-electron chi connectivity index (χ2n) is 8.71. The summed E-state index contributed by atoms with van der Waals surface area (Å²) in [5, 5.41) is 3.93. The molecule has 1 aliphatic heterocycles. The molecule has 4 nitrogen and oxygen atoms in total. The lowest BCUT2D eigenvalue weighted by Gasteiger charge is -2.34. The molecule has 27 heavy (non-hydrogen) atoms. The third-order valence-corrected chi connectivity index (χ3v) is 7.30. The number of hydrogen-bond acceptors (Lipinski definition) is 2. The number of carbonyl (C=O) groups excluding carboxylic acids is 2. The van der Waals surface area contributed by atoms with E-state index >= 15 is 0 Å². The number of carbonyl (C=O) groups is 2. The van der Waals surface area contributed by atoms with Crippen LogP contribution < -0.4 is 5.32 Å². The molecule has 5 heteroatoms. The first-order valence-corrected chi connectivity index (χ1v) is 10.7. The van der Waals surface area contributed by atoms with Crippen LogP contribution in [0.5, 0.6) is 0 Å². The summed E-state index contributed by atoms with van der Waals surface area (Å²) in [5.74, 6) is 2.63. The maximum atomic E-state index is 12.7. The molecule has 3 fully saturated rings. The first-order chi connectivity index (χ1) is 13.0. The van der Waals surface area contributed by atoms with Crippen molar-refractivity contribution in [1.82, 2.24) is 10.2 Å². The SMILES string of the molecule is C[C@@H](NC(=O)C1CCN(C(=O)c2ccc(Cl)cc2)CC1)[C@H]1C[C@H]2CC[C@H]1C2. The van der Waals surface area contributed by atoms with Gasteiger partial charge in [-0.15, -0.1) is 0 Å². The van der Waals surface area contributed by atoms with E-state index < -0.39 is 0 Å². The summed E-state index contributed by atoms with van der Waals surface area (Å²) in [7, 11) is 0. The minimum atomic E-state index is 0.0281. The van der Waals surface area contributed by atoms with E-state index in [4.69, 9.17) is 11.6 Å². The van der Waals surface area contributed by atoms with Crippen molar-refractivity contribution < 1.29 is 9.59 Å². The molecule has 1 heterocycles. The Morgan fingerprint density at radius 2 is 1.78 bits per heavy atom. The third kappa shape index (κ3) is 4.01. The topological polar surface area (TPSA) is 49.4 Å². The highest BCUT2D eigenvalue weighted by Crippen LogP contribution is 2.49. The van der Waals surface area contributed by atoms with Gasteiger partial charge in [0.2, 0.25) is 5.91 Å². The van der Waals surface area contributed by atoms with Gasteiger partial charge in [0.1, 0.15) is 0 Å². The van der Waals surface area contributed by atoms with Crippen molar-refractivity contribution in [2.24, 2.45) is 23.7 Å². The Kier molecular flexibility index (Phi) is 5.45. The fraction of sp³-hybridized carbons (Fsp3) is 0.636. The Hall–Kier alpha value is -1.55. The number of nitrogens with one attached hydrogen (secondary N) is 1. The van der Waals surface area contributed by atoms with Crippen molar-refractivity contribution in [3.05, 3.63) is 34.9 Å². The molecular weight excluding hydrogens is 360 g/mol. The molecule has 4 atom stereocenters. The van der Waals surface area contributed by atoms with Crippen LogP contribution in [0.2, 0.25) is 5.02 Å². The molecule has 2 aliphatic carbocycles. The Bertz CT molecular complexity index is 697. The number of amides is 2. The fourth-order valence-corrected chi connectivity index (χ4v) is 5.60. The first kappa shape index (κ1) is 18.8. The van der Waals surface area contributed by atoms with Gasteiger partial charge in [-0.25, -0.2) is 0 Å². The summed E-state index contributed by atoms with van der Waals surface area (Å²) in [6.45, 7) is 3.46. The molecule has 2 bridgehead atoms. The molecule has 146 valence electrons. The monoisotopic (exact) mass is 388 g/mol. The highest BCUT2D eigenvalue weighted by atomic mass is 35.5. The minimum Gasteiger partial charge on any atom is -0.353 e. The zero-order valence-corrected chi connectivity index (χ0v) is 16.8. The number of benzene rings is 1. The van der Waals surface area contributed by atoms with Crippen LogP contribution >= 0.6 is 11.6 Å². The fourth-order valence-electron chi connectivity index (χ4n) is 5.48. The van der Waals surface area contributed by atoms with Crippen molar-refractivity contribution in [3.8, 4) is 0 Å². The van der Waals surface area contributed by atoms with E-state index in [1.54, 1.807) is 24.3 Å². The van der Waals surface area contributed by atoms with Crippen molar-refractivity contribution in [1.29, 1.82) is 0 Å². The van der Waals surface area contributed by atoms with Gasteiger partial charge in [-0.05, 0) is 81.0 Å². The number of likely N-dealkylation sites (tertiary alicyclic amines) is 1. The maximum Gasteiger partial charge on any atom is 0.253 e. The number of fused-ring (bicyclic) bond motifs is 2. The molecule has 1 aromatic carbocycles. The van der Waals surface area contributed by atoms with E-state index in [1.165, 1.54) is 25.7 Å². The molecule has 0 spiro atoms. The van der Waals surface area contributed by atoms with Gasteiger partial charge in [0.05, 0.1) is 0 Å². The summed E-state index contributed by atoms with van der Waals surface area (Å²) >= 11 is 5.90. The summed E-state index contributed by atoms with van der Waals surface area (Å²) in [4.78, 5) is 27.2. The standard InChI is InChI=1S/C22H29ClN2O2/c1-14(20-13-15-2-3-18(20)12-15)24-21(26)16-8-10-25(11-9-16)22(27)17-4-6-19(23)7-5-17/h4-7,14-16,18,20H,2-3,8-13H2,1H3,(H,24,26)/t14-,15+,18+,20-/m1/s1. The number of halogens is 1. The molecule has 3 aliphatic rings. The highest BCUT2D eigenvalue weighted by Gasteiger charge is 2.42. The second-order valence-corrected chi connectivity index (χ2v) is 9.15. The molecule has 1 N–H and O–H groups in total. The van der Waals surface area contributed by atoms with Crippen molar-refractivity contribution in [2.75, 3.05) is 13.1 Å². The predicted molar refractivity (Wildman–Crippen MR) is 107 cm³/mol. The number of hydrogen-bond donors (Lipinski definition) is 1. The molecule has 4 rings (SSSR count). The van der Waals surface area contributed by atoms with Gasteiger partial charge in [-0.2, -0.15) is 0 Å². The molecule has 1 saturated heterocycles. The Morgan fingerprint density at radius 1 is 1.07 bits per heavy atom. The van der Waals surface area contributed by atoms with Crippen molar-refractivity contribution in [2.45, 2.75) is 51.5 Å². The van der Waals surface area contributed by atoms with Crippen molar-refractivity contribution >= 4 is 23.4 Å². The zero-order chi connectivity index (χ0) is 19.0. The van der Waals surface area contributed by atoms with Gasteiger partial charge in [-0.3, -0.25) is 9.59 Å². The van der Waals surface area contributed by atoms with Gasteiger partial charge in [-0.1, -0.05) is 18.0 Å². The maximum absolute atomic E-state index is 12.7. The third-order valence-electron chi connectivity index (χ3n) is 7.05. The van der Waals surface area contributed by atoms with Crippen LogP contribution in [0, 0.1) is 23.7 Å². The molecular formula is C22H29ClN2O2. The lowest BCUT2D eigenvalue weighted by Crippen LogP contribution is -2.47. The highest BCUT2D eigenvalue weighted by molar-refractivity contribution is 6.30. The zero-order valence-electron chi connectivity index (χ0n) is 16.0. The minimum absolute atomic E-state index is 0.0281.